The zero-order valence-corrected chi connectivity index (χ0v) is 17.7. The normalized spacial score (nSPS) is 21.3. The van der Waals surface area contributed by atoms with Crippen molar-refractivity contribution in [3.05, 3.63) is 47.0 Å². The molecule has 2 aliphatic heterocycles. The van der Waals surface area contributed by atoms with E-state index in [1.54, 1.807) is 14.2 Å². The molecule has 0 bridgehead atoms. The Morgan fingerprint density at radius 3 is 2.43 bits per heavy atom. The molecule has 2 aromatic carbocycles. The van der Waals surface area contributed by atoms with Gasteiger partial charge in [0.05, 0.1) is 33.5 Å². The molecular formula is C23H29NO6. The summed E-state index contributed by atoms with van der Waals surface area (Å²) in [6.07, 6.45) is -0.325. The van der Waals surface area contributed by atoms with Crippen LogP contribution in [-0.4, -0.2) is 63.3 Å². The molecule has 0 amide bonds. The number of fused-ring (bicyclic) bond motifs is 1. The zero-order chi connectivity index (χ0) is 21.1. The van der Waals surface area contributed by atoms with Gasteiger partial charge in [-0.25, -0.2) is 0 Å². The van der Waals surface area contributed by atoms with Gasteiger partial charge in [-0.1, -0.05) is 6.07 Å². The SMILES string of the molecule is COc1ccc([C@@H]2[C@@H](CO)OCCN2Cc2cc3c(cc2C)OCCO3)cc1OC. The molecule has 0 spiro atoms. The van der Waals surface area contributed by atoms with Gasteiger partial charge in [0.15, 0.2) is 23.0 Å². The highest BCUT2D eigenvalue weighted by Gasteiger charge is 2.34. The fourth-order valence-electron chi connectivity index (χ4n) is 4.20. The van der Waals surface area contributed by atoms with E-state index < -0.39 is 0 Å². The highest BCUT2D eigenvalue weighted by atomic mass is 16.6. The van der Waals surface area contributed by atoms with Crippen LogP contribution < -0.4 is 18.9 Å². The molecule has 1 fully saturated rings. The van der Waals surface area contributed by atoms with E-state index in [2.05, 4.69) is 17.9 Å². The summed E-state index contributed by atoms with van der Waals surface area (Å²) in [4.78, 5) is 2.34. The van der Waals surface area contributed by atoms with Crippen molar-refractivity contribution in [3.8, 4) is 23.0 Å². The molecule has 1 saturated heterocycles. The number of ether oxygens (including phenoxy) is 5. The van der Waals surface area contributed by atoms with Gasteiger partial charge in [0.1, 0.15) is 19.3 Å². The van der Waals surface area contributed by atoms with E-state index in [-0.39, 0.29) is 18.8 Å². The Morgan fingerprint density at radius 1 is 1.00 bits per heavy atom. The van der Waals surface area contributed by atoms with E-state index in [9.17, 15) is 5.11 Å². The first-order chi connectivity index (χ1) is 14.6. The molecule has 30 heavy (non-hydrogen) atoms. The molecule has 0 aromatic heterocycles. The number of methoxy groups -OCH3 is 2. The molecule has 2 aromatic rings. The highest BCUT2D eigenvalue weighted by Crippen LogP contribution is 2.38. The van der Waals surface area contributed by atoms with Crippen LogP contribution in [0, 0.1) is 6.92 Å². The van der Waals surface area contributed by atoms with Crippen molar-refractivity contribution in [1.29, 1.82) is 0 Å². The summed E-state index contributed by atoms with van der Waals surface area (Å²) in [5, 5.41) is 10.0. The van der Waals surface area contributed by atoms with Crippen LogP contribution in [0.4, 0.5) is 0 Å². The van der Waals surface area contributed by atoms with Gasteiger partial charge in [0.2, 0.25) is 0 Å². The van der Waals surface area contributed by atoms with Crippen molar-refractivity contribution in [2.24, 2.45) is 0 Å². The standard InChI is InChI=1S/C23H29NO6/c1-15-10-20-21(30-9-8-29-20)12-17(15)13-24-6-7-28-22(14-25)23(24)16-4-5-18(26-2)19(11-16)27-3/h4-5,10-12,22-23,25H,6-9,13-14H2,1-3H3/t22-,23-/m1/s1. The molecule has 2 aliphatic rings. The number of benzene rings is 2. The van der Waals surface area contributed by atoms with Crippen molar-refractivity contribution in [2.75, 3.05) is 47.2 Å². The van der Waals surface area contributed by atoms with Crippen molar-refractivity contribution < 1.29 is 28.8 Å². The number of hydrogen-bond donors (Lipinski definition) is 1. The predicted octanol–water partition coefficient (Wildman–Crippen LogP) is 2.72. The number of rotatable bonds is 6. The van der Waals surface area contributed by atoms with E-state index in [4.69, 9.17) is 23.7 Å². The number of aryl methyl sites for hydroxylation is 1. The van der Waals surface area contributed by atoms with E-state index in [1.807, 2.05) is 24.3 Å². The molecule has 2 heterocycles. The fourth-order valence-corrected chi connectivity index (χ4v) is 4.20. The number of nitrogens with zero attached hydrogens (tertiary/aromatic N) is 1. The molecule has 0 saturated carbocycles. The largest absolute Gasteiger partial charge is 0.493 e. The van der Waals surface area contributed by atoms with Crippen molar-refractivity contribution in [3.63, 3.8) is 0 Å². The summed E-state index contributed by atoms with van der Waals surface area (Å²) in [6, 6.07) is 9.86. The minimum Gasteiger partial charge on any atom is -0.493 e. The van der Waals surface area contributed by atoms with E-state index >= 15 is 0 Å². The molecule has 0 unspecified atom stereocenters. The lowest BCUT2D eigenvalue weighted by Crippen LogP contribution is -2.46. The van der Waals surface area contributed by atoms with Crippen LogP contribution in [0.3, 0.4) is 0 Å². The number of aliphatic hydroxyl groups is 1. The second-order valence-electron chi connectivity index (χ2n) is 7.54. The summed E-state index contributed by atoms with van der Waals surface area (Å²) < 4.78 is 28.3. The first-order valence-corrected chi connectivity index (χ1v) is 10.2. The number of aliphatic hydroxyl groups excluding tert-OH is 1. The van der Waals surface area contributed by atoms with Crippen molar-refractivity contribution >= 4 is 0 Å². The Labute approximate surface area is 177 Å². The average molecular weight is 415 g/mol. The molecular weight excluding hydrogens is 386 g/mol. The Balaban J connectivity index is 1.66. The highest BCUT2D eigenvalue weighted by molar-refractivity contribution is 5.48. The van der Waals surface area contributed by atoms with Gasteiger partial charge in [0.25, 0.3) is 0 Å². The third-order valence-corrected chi connectivity index (χ3v) is 5.76. The van der Waals surface area contributed by atoms with Crippen molar-refractivity contribution in [1.82, 2.24) is 4.90 Å². The van der Waals surface area contributed by atoms with Crippen LogP contribution in [0.25, 0.3) is 0 Å². The second kappa shape index (κ2) is 9.12. The summed E-state index contributed by atoms with van der Waals surface area (Å²) >= 11 is 0. The van der Waals surface area contributed by atoms with Crippen LogP contribution in [0.15, 0.2) is 30.3 Å². The average Bonchev–Trinajstić information content (AvgIpc) is 2.78. The Bertz CT molecular complexity index is 886. The van der Waals surface area contributed by atoms with E-state index in [1.165, 1.54) is 5.56 Å². The third-order valence-electron chi connectivity index (χ3n) is 5.76. The molecule has 0 radical (unpaired) electrons. The smallest absolute Gasteiger partial charge is 0.161 e. The van der Waals surface area contributed by atoms with Crippen LogP contribution in [0.2, 0.25) is 0 Å². The van der Waals surface area contributed by atoms with E-state index in [0.717, 1.165) is 29.2 Å². The molecule has 1 N–H and O–H groups in total. The molecule has 2 atom stereocenters. The lowest BCUT2D eigenvalue weighted by molar-refractivity contribution is -0.0961. The Hall–Kier alpha value is -2.48. The Kier molecular flexibility index (Phi) is 6.32. The van der Waals surface area contributed by atoms with Crippen LogP contribution in [-0.2, 0) is 11.3 Å². The van der Waals surface area contributed by atoms with Gasteiger partial charge < -0.3 is 28.8 Å². The van der Waals surface area contributed by atoms with Crippen molar-refractivity contribution in [2.45, 2.75) is 25.6 Å². The predicted molar refractivity (Wildman–Crippen MR) is 112 cm³/mol. The minimum atomic E-state index is -0.325. The summed E-state index contributed by atoms with van der Waals surface area (Å²) in [5.41, 5.74) is 3.34. The van der Waals surface area contributed by atoms with E-state index in [0.29, 0.717) is 37.9 Å². The van der Waals surface area contributed by atoms with Gasteiger partial charge in [-0.3, -0.25) is 4.90 Å². The second-order valence-corrected chi connectivity index (χ2v) is 7.54. The minimum absolute atomic E-state index is 0.0599. The van der Waals surface area contributed by atoms with Crippen LogP contribution >= 0.6 is 0 Å². The van der Waals surface area contributed by atoms with Gasteiger partial charge in [-0.05, 0) is 47.9 Å². The molecule has 7 heteroatoms. The molecule has 0 aliphatic carbocycles. The molecule has 7 nitrogen and oxygen atoms in total. The van der Waals surface area contributed by atoms with Crippen LogP contribution in [0.1, 0.15) is 22.7 Å². The fraction of sp³-hybridized carbons (Fsp3) is 0.478. The molecule has 4 rings (SSSR count). The number of morpholine rings is 1. The summed E-state index contributed by atoms with van der Waals surface area (Å²) in [5.74, 6) is 2.92. The molecule has 162 valence electrons. The summed E-state index contributed by atoms with van der Waals surface area (Å²) in [7, 11) is 3.24. The monoisotopic (exact) mass is 415 g/mol. The first-order valence-electron chi connectivity index (χ1n) is 10.2. The maximum atomic E-state index is 10.0. The maximum Gasteiger partial charge on any atom is 0.161 e. The van der Waals surface area contributed by atoms with Gasteiger partial charge in [0, 0.05) is 13.1 Å². The topological polar surface area (TPSA) is 69.6 Å². The quantitative estimate of drug-likeness (QED) is 0.778. The Morgan fingerprint density at radius 2 is 1.73 bits per heavy atom. The summed E-state index contributed by atoms with van der Waals surface area (Å²) in [6.45, 7) is 5.20. The lowest BCUT2D eigenvalue weighted by atomic mass is 9.96. The third kappa shape index (κ3) is 4.05. The number of hydrogen-bond acceptors (Lipinski definition) is 7. The van der Waals surface area contributed by atoms with Crippen LogP contribution in [0.5, 0.6) is 23.0 Å². The maximum absolute atomic E-state index is 10.0. The van der Waals surface area contributed by atoms with Gasteiger partial charge >= 0.3 is 0 Å². The first kappa shape index (κ1) is 20.8. The van der Waals surface area contributed by atoms with Gasteiger partial charge in [-0.2, -0.15) is 0 Å². The van der Waals surface area contributed by atoms with Gasteiger partial charge in [-0.15, -0.1) is 0 Å². The zero-order valence-electron chi connectivity index (χ0n) is 17.7. The lowest BCUT2D eigenvalue weighted by Gasteiger charge is -2.41.